The topological polar surface area (TPSA) is 79.5 Å². The number of benzene rings is 2. The molecule has 154 valence electrons. The minimum atomic E-state index is -0.600. The Morgan fingerprint density at radius 3 is 2.41 bits per heavy atom. The summed E-state index contributed by atoms with van der Waals surface area (Å²) in [6, 6.07) is 13.3. The molecule has 6 nitrogen and oxygen atoms in total. The highest BCUT2D eigenvalue weighted by molar-refractivity contribution is 6.07. The third-order valence-corrected chi connectivity index (χ3v) is 4.74. The Hall–Kier alpha value is -2.86. The normalized spacial score (nSPS) is 15.5. The molecule has 0 bridgehead atoms. The molecule has 0 aromatic heterocycles. The summed E-state index contributed by atoms with van der Waals surface area (Å²) in [4.78, 5) is 24.9. The Bertz CT molecular complexity index is 902. The molecule has 0 fully saturated rings. The van der Waals surface area contributed by atoms with Gasteiger partial charge in [0, 0.05) is 11.6 Å². The number of amides is 2. The van der Waals surface area contributed by atoms with Gasteiger partial charge < -0.3 is 15.4 Å². The minimum absolute atomic E-state index is 0.210. The summed E-state index contributed by atoms with van der Waals surface area (Å²) in [7, 11) is 0. The van der Waals surface area contributed by atoms with Crippen LogP contribution in [0.5, 0.6) is 0 Å². The molecular formula is C23H29N3O3. The minimum Gasteiger partial charge on any atom is -0.444 e. The molecule has 0 saturated heterocycles. The molecular weight excluding hydrogens is 366 g/mol. The molecule has 2 aromatic rings. The zero-order valence-electron chi connectivity index (χ0n) is 17.5. The number of rotatable bonds is 5. The Morgan fingerprint density at radius 2 is 1.76 bits per heavy atom. The Kier molecular flexibility index (Phi) is 6.23. The first-order valence-corrected chi connectivity index (χ1v) is 10.0. The fourth-order valence-corrected chi connectivity index (χ4v) is 3.53. The average molecular weight is 396 g/mol. The molecule has 2 aromatic carbocycles. The third-order valence-electron chi connectivity index (χ3n) is 4.74. The number of para-hydroxylation sites is 2. The van der Waals surface area contributed by atoms with Crippen LogP contribution >= 0.6 is 0 Å². The van der Waals surface area contributed by atoms with E-state index in [2.05, 4.69) is 22.9 Å². The number of anilines is 2. The van der Waals surface area contributed by atoms with Crippen LogP contribution in [0.2, 0.25) is 0 Å². The number of carbonyl (C=O) groups excluding carboxylic acids is 2. The Morgan fingerprint density at radius 1 is 1.07 bits per heavy atom. The van der Waals surface area contributed by atoms with Crippen LogP contribution in [0.25, 0.3) is 0 Å². The van der Waals surface area contributed by atoms with Crippen LogP contribution in [0.3, 0.4) is 0 Å². The summed E-state index contributed by atoms with van der Waals surface area (Å²) in [5, 5.41) is 9.08. The molecule has 1 atom stereocenters. The highest BCUT2D eigenvalue weighted by Gasteiger charge is 2.23. The van der Waals surface area contributed by atoms with Crippen LogP contribution in [-0.2, 0) is 11.2 Å². The molecule has 29 heavy (non-hydrogen) atoms. The quantitative estimate of drug-likeness (QED) is 0.674. The van der Waals surface area contributed by atoms with E-state index in [0.29, 0.717) is 23.0 Å². The van der Waals surface area contributed by atoms with Crippen molar-refractivity contribution in [3.63, 3.8) is 0 Å². The first-order chi connectivity index (χ1) is 13.8. The number of nitrogens with one attached hydrogen (secondary N) is 3. The molecule has 6 heteroatoms. The number of hydrogen-bond acceptors (Lipinski definition) is 4. The number of fused-ring (bicyclic) bond motifs is 1. The van der Waals surface area contributed by atoms with Crippen LogP contribution in [0.1, 0.15) is 61.6 Å². The van der Waals surface area contributed by atoms with Gasteiger partial charge in [-0.1, -0.05) is 25.1 Å². The standard InChI is InChI=1S/C23H29N3O3/c1-5-24-18-13-11-15-14-16(10-12-17(15)18)21(27)25-19-8-6-7-9-20(19)26-22(28)29-23(2,3)4/h6-10,12,14,18,24H,5,11,13H2,1-4H3,(H,25,27)(H,26,28)/t18-/m0/s1. The van der Waals surface area contributed by atoms with Crippen molar-refractivity contribution in [3.05, 3.63) is 59.2 Å². The monoisotopic (exact) mass is 395 g/mol. The third kappa shape index (κ3) is 5.35. The van der Waals surface area contributed by atoms with E-state index in [1.165, 1.54) is 11.1 Å². The maximum atomic E-state index is 12.8. The first-order valence-electron chi connectivity index (χ1n) is 10.0. The first kappa shape index (κ1) is 20.9. The van der Waals surface area contributed by atoms with E-state index in [1.807, 2.05) is 18.2 Å². The second kappa shape index (κ2) is 8.66. The number of carbonyl (C=O) groups is 2. The maximum Gasteiger partial charge on any atom is 0.412 e. The molecule has 0 aliphatic heterocycles. The van der Waals surface area contributed by atoms with Crippen molar-refractivity contribution in [3.8, 4) is 0 Å². The molecule has 0 heterocycles. The van der Waals surface area contributed by atoms with Crippen molar-refractivity contribution in [2.45, 2.75) is 52.2 Å². The van der Waals surface area contributed by atoms with Crippen LogP contribution in [-0.4, -0.2) is 24.1 Å². The van der Waals surface area contributed by atoms with Gasteiger partial charge in [-0.25, -0.2) is 4.79 Å². The molecule has 0 radical (unpaired) electrons. The molecule has 2 amide bonds. The molecule has 3 rings (SSSR count). The van der Waals surface area contributed by atoms with Crippen LogP contribution < -0.4 is 16.0 Å². The predicted molar refractivity (Wildman–Crippen MR) is 115 cm³/mol. The lowest BCUT2D eigenvalue weighted by Crippen LogP contribution is -2.27. The lowest BCUT2D eigenvalue weighted by molar-refractivity contribution is 0.0635. The molecule has 0 spiro atoms. The highest BCUT2D eigenvalue weighted by atomic mass is 16.6. The van der Waals surface area contributed by atoms with E-state index in [0.717, 1.165) is 19.4 Å². The molecule has 1 aliphatic carbocycles. The van der Waals surface area contributed by atoms with E-state index in [4.69, 9.17) is 4.74 Å². The van der Waals surface area contributed by atoms with E-state index in [9.17, 15) is 9.59 Å². The van der Waals surface area contributed by atoms with Crippen molar-refractivity contribution < 1.29 is 14.3 Å². The summed E-state index contributed by atoms with van der Waals surface area (Å²) in [6.07, 6.45) is 1.45. The van der Waals surface area contributed by atoms with Gasteiger partial charge in [0.1, 0.15) is 5.60 Å². The van der Waals surface area contributed by atoms with Gasteiger partial charge >= 0.3 is 6.09 Å². The fourth-order valence-electron chi connectivity index (χ4n) is 3.53. The van der Waals surface area contributed by atoms with Crippen molar-refractivity contribution >= 4 is 23.4 Å². The van der Waals surface area contributed by atoms with E-state index in [-0.39, 0.29) is 5.91 Å². The summed E-state index contributed by atoms with van der Waals surface area (Å²) in [5.74, 6) is -0.210. The average Bonchev–Trinajstić information content (AvgIpc) is 3.04. The zero-order valence-corrected chi connectivity index (χ0v) is 17.5. The van der Waals surface area contributed by atoms with Gasteiger partial charge in [-0.15, -0.1) is 0 Å². The van der Waals surface area contributed by atoms with Crippen LogP contribution in [0.15, 0.2) is 42.5 Å². The van der Waals surface area contributed by atoms with Crippen molar-refractivity contribution in [2.24, 2.45) is 0 Å². The second-order valence-corrected chi connectivity index (χ2v) is 8.19. The van der Waals surface area contributed by atoms with Crippen molar-refractivity contribution in [1.82, 2.24) is 5.32 Å². The van der Waals surface area contributed by atoms with E-state index >= 15 is 0 Å². The van der Waals surface area contributed by atoms with Gasteiger partial charge in [0.05, 0.1) is 11.4 Å². The van der Waals surface area contributed by atoms with Crippen molar-refractivity contribution in [2.75, 3.05) is 17.2 Å². The Labute approximate surface area is 172 Å². The second-order valence-electron chi connectivity index (χ2n) is 8.19. The van der Waals surface area contributed by atoms with Gasteiger partial charge in [0.2, 0.25) is 0 Å². The predicted octanol–water partition coefficient (Wildman–Crippen LogP) is 4.88. The maximum absolute atomic E-state index is 12.8. The lowest BCUT2D eigenvalue weighted by Gasteiger charge is -2.20. The lowest BCUT2D eigenvalue weighted by atomic mass is 10.0. The van der Waals surface area contributed by atoms with Crippen LogP contribution in [0, 0.1) is 0 Å². The number of hydrogen-bond donors (Lipinski definition) is 3. The molecule has 1 aliphatic rings. The van der Waals surface area contributed by atoms with Crippen molar-refractivity contribution in [1.29, 1.82) is 0 Å². The van der Waals surface area contributed by atoms with E-state index < -0.39 is 11.7 Å². The number of ether oxygens (including phenoxy) is 1. The molecule has 3 N–H and O–H groups in total. The largest absolute Gasteiger partial charge is 0.444 e. The van der Waals surface area contributed by atoms with Gasteiger partial charge in [0.15, 0.2) is 0 Å². The van der Waals surface area contributed by atoms with Gasteiger partial charge in [-0.3, -0.25) is 10.1 Å². The summed E-state index contributed by atoms with van der Waals surface area (Å²) in [5.41, 5.74) is 3.50. The Balaban J connectivity index is 1.73. The number of aryl methyl sites for hydroxylation is 1. The molecule has 0 saturated carbocycles. The van der Waals surface area contributed by atoms with Gasteiger partial charge in [0.25, 0.3) is 5.91 Å². The molecule has 0 unspecified atom stereocenters. The van der Waals surface area contributed by atoms with Crippen LogP contribution in [0.4, 0.5) is 16.2 Å². The van der Waals surface area contributed by atoms with Gasteiger partial charge in [-0.2, -0.15) is 0 Å². The fraction of sp³-hybridized carbons (Fsp3) is 0.391. The summed E-state index contributed by atoms with van der Waals surface area (Å²) < 4.78 is 5.30. The SMILES string of the molecule is CCN[C@H]1CCc2cc(C(=O)Nc3ccccc3NC(=O)OC(C)(C)C)ccc21. The summed E-state index contributed by atoms with van der Waals surface area (Å²) in [6.45, 7) is 8.43. The van der Waals surface area contributed by atoms with E-state index in [1.54, 1.807) is 45.0 Å². The van der Waals surface area contributed by atoms with Gasteiger partial charge in [-0.05, 0) is 75.5 Å². The summed E-state index contributed by atoms with van der Waals surface area (Å²) >= 11 is 0. The highest BCUT2D eigenvalue weighted by Crippen LogP contribution is 2.32. The zero-order chi connectivity index (χ0) is 21.0. The smallest absolute Gasteiger partial charge is 0.412 e.